The third-order valence-corrected chi connectivity index (χ3v) is 4.23. The Kier molecular flexibility index (Phi) is 4.18. The number of nitrogens with zero attached hydrogens (tertiary/aromatic N) is 3. The van der Waals surface area contributed by atoms with Crippen LogP contribution in [-0.4, -0.2) is 25.5 Å². The molecule has 0 fully saturated rings. The van der Waals surface area contributed by atoms with Gasteiger partial charge in [0, 0.05) is 17.6 Å². The third-order valence-electron chi connectivity index (χ3n) is 4.23. The molecule has 0 saturated carbocycles. The number of aromatic amines is 1. The van der Waals surface area contributed by atoms with Gasteiger partial charge in [0.25, 0.3) is 0 Å². The number of benzene rings is 2. The zero-order chi connectivity index (χ0) is 19.0. The molecule has 0 bridgehead atoms. The number of H-pyrrole nitrogens is 1. The summed E-state index contributed by atoms with van der Waals surface area (Å²) in [6, 6.07) is 14.5. The van der Waals surface area contributed by atoms with Crippen LogP contribution < -0.4 is 10.6 Å². The highest BCUT2D eigenvalue weighted by atomic mass is 15.2. The summed E-state index contributed by atoms with van der Waals surface area (Å²) in [5.74, 6) is 2.18. The van der Waals surface area contributed by atoms with E-state index in [1.807, 2.05) is 18.2 Å². The zero-order valence-corrected chi connectivity index (χ0v) is 16.1. The number of aromatic nitrogens is 4. The number of fused-ring (bicyclic) bond motifs is 2. The minimum Gasteiger partial charge on any atom is -0.364 e. The number of hydrogen-bond acceptors (Lipinski definition) is 5. The van der Waals surface area contributed by atoms with Crippen LogP contribution >= 0.6 is 0 Å². The molecule has 0 atom stereocenters. The van der Waals surface area contributed by atoms with Crippen LogP contribution in [0.1, 0.15) is 33.5 Å². The summed E-state index contributed by atoms with van der Waals surface area (Å²) in [6.45, 7) is 8.38. The van der Waals surface area contributed by atoms with E-state index in [0.29, 0.717) is 11.6 Å². The molecule has 0 amide bonds. The highest BCUT2D eigenvalue weighted by molar-refractivity contribution is 5.87. The highest BCUT2D eigenvalue weighted by Gasteiger charge is 2.17. The van der Waals surface area contributed by atoms with Crippen LogP contribution in [0.5, 0.6) is 0 Å². The lowest BCUT2D eigenvalue weighted by Crippen LogP contribution is -2.27. The minimum absolute atomic E-state index is 0.126. The maximum Gasteiger partial charge on any atom is 0.231 e. The maximum atomic E-state index is 4.70. The molecule has 0 aliphatic carbocycles. The Bertz CT molecular complexity index is 1110. The molecule has 0 radical (unpaired) electrons. The van der Waals surface area contributed by atoms with Gasteiger partial charge in [0.15, 0.2) is 11.5 Å². The second kappa shape index (κ2) is 6.54. The molecule has 138 valence electrons. The average molecular weight is 360 g/mol. The van der Waals surface area contributed by atoms with E-state index in [0.717, 1.165) is 29.3 Å². The van der Waals surface area contributed by atoms with Gasteiger partial charge in [-0.25, -0.2) is 4.98 Å². The van der Waals surface area contributed by atoms with Crippen LogP contribution in [0.3, 0.4) is 0 Å². The SMILES string of the molecule is CCc1nc2nc(Nc3ccc4ccccc4c3)nc(NC(C)(C)C)c2[nH]1. The minimum atomic E-state index is -0.126. The predicted octanol–water partition coefficient (Wildman–Crippen LogP) is 5.02. The lowest BCUT2D eigenvalue weighted by Gasteiger charge is -2.21. The summed E-state index contributed by atoms with van der Waals surface area (Å²) < 4.78 is 0. The maximum absolute atomic E-state index is 4.70. The number of imidazole rings is 1. The van der Waals surface area contributed by atoms with E-state index < -0.39 is 0 Å². The van der Waals surface area contributed by atoms with Crippen molar-refractivity contribution in [2.75, 3.05) is 10.6 Å². The Balaban J connectivity index is 1.75. The van der Waals surface area contributed by atoms with E-state index >= 15 is 0 Å². The Morgan fingerprint density at radius 3 is 2.48 bits per heavy atom. The molecule has 0 saturated heterocycles. The molecule has 4 aromatic rings. The fourth-order valence-corrected chi connectivity index (χ4v) is 3.01. The first-order valence-electron chi connectivity index (χ1n) is 9.22. The summed E-state index contributed by atoms with van der Waals surface area (Å²) in [5, 5.41) is 9.15. The molecule has 0 unspecified atom stereocenters. The molecular formula is C21H24N6. The van der Waals surface area contributed by atoms with Gasteiger partial charge in [0.2, 0.25) is 5.95 Å². The number of rotatable bonds is 4. The van der Waals surface area contributed by atoms with Gasteiger partial charge >= 0.3 is 0 Å². The quantitative estimate of drug-likeness (QED) is 0.476. The first-order valence-corrected chi connectivity index (χ1v) is 9.22. The normalized spacial score (nSPS) is 11.9. The van der Waals surface area contributed by atoms with Crippen molar-refractivity contribution in [3.8, 4) is 0 Å². The van der Waals surface area contributed by atoms with Gasteiger partial charge in [0.1, 0.15) is 11.3 Å². The van der Waals surface area contributed by atoms with E-state index in [2.05, 4.69) is 77.5 Å². The monoisotopic (exact) mass is 360 g/mol. The van der Waals surface area contributed by atoms with Crippen molar-refractivity contribution in [3.05, 3.63) is 48.3 Å². The first-order chi connectivity index (χ1) is 12.9. The molecule has 4 rings (SSSR count). The zero-order valence-electron chi connectivity index (χ0n) is 16.1. The molecule has 27 heavy (non-hydrogen) atoms. The van der Waals surface area contributed by atoms with E-state index in [-0.39, 0.29) is 5.54 Å². The highest BCUT2D eigenvalue weighted by Crippen LogP contribution is 2.26. The molecule has 0 aliphatic heterocycles. The van der Waals surface area contributed by atoms with Crippen molar-refractivity contribution in [3.63, 3.8) is 0 Å². The van der Waals surface area contributed by atoms with Crippen LogP contribution in [0.25, 0.3) is 21.9 Å². The summed E-state index contributed by atoms with van der Waals surface area (Å²) in [6.07, 6.45) is 0.818. The van der Waals surface area contributed by atoms with Crippen molar-refractivity contribution >= 4 is 39.4 Å². The van der Waals surface area contributed by atoms with Crippen molar-refractivity contribution in [2.24, 2.45) is 0 Å². The molecule has 2 aromatic carbocycles. The van der Waals surface area contributed by atoms with Gasteiger partial charge in [-0.2, -0.15) is 9.97 Å². The van der Waals surface area contributed by atoms with Gasteiger partial charge in [-0.15, -0.1) is 0 Å². The van der Waals surface area contributed by atoms with Crippen molar-refractivity contribution in [2.45, 2.75) is 39.7 Å². The van der Waals surface area contributed by atoms with Crippen molar-refractivity contribution in [1.82, 2.24) is 19.9 Å². The van der Waals surface area contributed by atoms with Crippen molar-refractivity contribution in [1.29, 1.82) is 0 Å². The molecule has 2 heterocycles. The molecule has 0 aliphatic rings. The summed E-state index contributed by atoms with van der Waals surface area (Å²) in [7, 11) is 0. The van der Waals surface area contributed by atoms with Crippen molar-refractivity contribution < 1.29 is 0 Å². The average Bonchev–Trinajstić information content (AvgIpc) is 3.04. The van der Waals surface area contributed by atoms with E-state index in [4.69, 9.17) is 4.98 Å². The Labute approximate surface area is 158 Å². The molecule has 0 spiro atoms. The fourth-order valence-electron chi connectivity index (χ4n) is 3.01. The molecule has 2 aromatic heterocycles. The Morgan fingerprint density at radius 2 is 1.74 bits per heavy atom. The van der Waals surface area contributed by atoms with Gasteiger partial charge < -0.3 is 15.6 Å². The Hall–Kier alpha value is -3.15. The summed E-state index contributed by atoms with van der Waals surface area (Å²) in [4.78, 5) is 17.2. The van der Waals surface area contributed by atoms with Crippen LogP contribution in [-0.2, 0) is 6.42 Å². The van der Waals surface area contributed by atoms with E-state index in [1.54, 1.807) is 0 Å². The summed E-state index contributed by atoms with van der Waals surface area (Å²) >= 11 is 0. The number of aryl methyl sites for hydroxylation is 1. The van der Waals surface area contributed by atoms with Gasteiger partial charge in [-0.1, -0.05) is 37.3 Å². The topological polar surface area (TPSA) is 78.5 Å². The molecule has 6 heteroatoms. The van der Waals surface area contributed by atoms with Crippen LogP contribution in [0.15, 0.2) is 42.5 Å². The van der Waals surface area contributed by atoms with Gasteiger partial charge in [0.05, 0.1) is 0 Å². The standard InChI is InChI=1S/C21H24N6/c1-5-16-23-17-18(24-16)25-20(26-19(17)27-21(2,3)4)22-15-11-10-13-8-6-7-9-14(13)12-15/h6-12H,5H2,1-4H3,(H3,22,23,24,25,26,27). The predicted molar refractivity (Wildman–Crippen MR) is 112 cm³/mol. The van der Waals surface area contributed by atoms with Gasteiger partial charge in [-0.05, 0) is 43.7 Å². The van der Waals surface area contributed by atoms with Crippen LogP contribution in [0.4, 0.5) is 17.5 Å². The lowest BCUT2D eigenvalue weighted by atomic mass is 10.1. The number of anilines is 3. The molecule has 6 nitrogen and oxygen atoms in total. The van der Waals surface area contributed by atoms with Crippen LogP contribution in [0, 0.1) is 0 Å². The molecule has 3 N–H and O–H groups in total. The number of nitrogens with one attached hydrogen (secondary N) is 3. The van der Waals surface area contributed by atoms with Crippen LogP contribution in [0.2, 0.25) is 0 Å². The second-order valence-electron chi connectivity index (χ2n) is 7.69. The third kappa shape index (κ3) is 3.69. The van der Waals surface area contributed by atoms with E-state index in [9.17, 15) is 0 Å². The second-order valence-corrected chi connectivity index (χ2v) is 7.69. The first kappa shape index (κ1) is 17.3. The number of hydrogen-bond donors (Lipinski definition) is 3. The fraction of sp³-hybridized carbons (Fsp3) is 0.286. The Morgan fingerprint density at radius 1 is 0.963 bits per heavy atom. The smallest absolute Gasteiger partial charge is 0.231 e. The lowest BCUT2D eigenvalue weighted by molar-refractivity contribution is 0.631. The van der Waals surface area contributed by atoms with E-state index in [1.165, 1.54) is 10.8 Å². The largest absolute Gasteiger partial charge is 0.364 e. The molecular weight excluding hydrogens is 336 g/mol. The summed E-state index contributed by atoms with van der Waals surface area (Å²) in [5.41, 5.74) is 2.32. The van der Waals surface area contributed by atoms with Gasteiger partial charge in [-0.3, -0.25) is 0 Å².